The van der Waals surface area contributed by atoms with Crippen molar-refractivity contribution in [3.8, 4) is 16.9 Å². The minimum atomic E-state index is 0.136. The van der Waals surface area contributed by atoms with E-state index in [2.05, 4.69) is 4.98 Å². The van der Waals surface area contributed by atoms with Gasteiger partial charge in [0.25, 0.3) is 0 Å². The van der Waals surface area contributed by atoms with Crippen molar-refractivity contribution < 1.29 is 4.74 Å². The minimum Gasteiger partial charge on any atom is -0.489 e. The van der Waals surface area contributed by atoms with Gasteiger partial charge in [0.15, 0.2) is 0 Å². The van der Waals surface area contributed by atoms with Crippen molar-refractivity contribution in [2.45, 2.75) is 26.9 Å². The molecule has 0 amide bonds. The van der Waals surface area contributed by atoms with E-state index in [9.17, 15) is 0 Å². The van der Waals surface area contributed by atoms with E-state index in [4.69, 9.17) is 10.5 Å². The van der Waals surface area contributed by atoms with Crippen LogP contribution in [0.2, 0.25) is 0 Å². The molecule has 0 radical (unpaired) electrons. The molecule has 0 aliphatic heterocycles. The van der Waals surface area contributed by atoms with Crippen LogP contribution in [0.15, 0.2) is 36.7 Å². The van der Waals surface area contributed by atoms with Crippen molar-refractivity contribution in [2.75, 3.05) is 5.73 Å². The van der Waals surface area contributed by atoms with Crippen LogP contribution in [0.5, 0.6) is 5.75 Å². The lowest BCUT2D eigenvalue weighted by atomic mass is 10.0. The topological polar surface area (TPSA) is 48.1 Å². The van der Waals surface area contributed by atoms with Gasteiger partial charge in [-0.15, -0.1) is 0 Å². The summed E-state index contributed by atoms with van der Waals surface area (Å²) in [6, 6.07) is 7.99. The second-order valence-electron chi connectivity index (χ2n) is 4.67. The lowest BCUT2D eigenvalue weighted by Crippen LogP contribution is -2.05. The number of anilines is 1. The van der Waals surface area contributed by atoms with E-state index in [1.165, 1.54) is 0 Å². The van der Waals surface area contributed by atoms with Crippen molar-refractivity contribution in [3.63, 3.8) is 0 Å². The standard InChI is InChI=1S/C15H18N2O/c1-10(2)18-13-7-12(8-17-9-13)14-5-4-11(3)6-15(14)16/h4-10H,16H2,1-3H3. The minimum absolute atomic E-state index is 0.136. The molecule has 0 aliphatic carbocycles. The largest absolute Gasteiger partial charge is 0.489 e. The molecule has 2 rings (SSSR count). The molecule has 0 aliphatic rings. The molecule has 1 aromatic heterocycles. The van der Waals surface area contributed by atoms with E-state index >= 15 is 0 Å². The predicted octanol–water partition coefficient (Wildman–Crippen LogP) is 3.43. The molecule has 0 fully saturated rings. The fourth-order valence-electron chi connectivity index (χ4n) is 1.85. The number of hydrogen-bond acceptors (Lipinski definition) is 3. The van der Waals surface area contributed by atoms with Crippen LogP contribution in [-0.4, -0.2) is 11.1 Å². The molecule has 0 bridgehead atoms. The zero-order valence-electron chi connectivity index (χ0n) is 11.0. The monoisotopic (exact) mass is 242 g/mol. The maximum Gasteiger partial charge on any atom is 0.138 e. The van der Waals surface area contributed by atoms with Gasteiger partial charge in [-0.25, -0.2) is 0 Å². The number of aryl methyl sites for hydroxylation is 1. The molecule has 94 valence electrons. The summed E-state index contributed by atoms with van der Waals surface area (Å²) in [5.74, 6) is 0.766. The molecule has 2 aromatic rings. The van der Waals surface area contributed by atoms with Gasteiger partial charge in [0.2, 0.25) is 0 Å². The second kappa shape index (κ2) is 5.08. The van der Waals surface area contributed by atoms with Gasteiger partial charge in [0, 0.05) is 23.0 Å². The summed E-state index contributed by atoms with van der Waals surface area (Å²) in [7, 11) is 0. The molecule has 1 aromatic carbocycles. The van der Waals surface area contributed by atoms with Gasteiger partial charge in [-0.2, -0.15) is 0 Å². The SMILES string of the molecule is Cc1ccc(-c2cncc(OC(C)C)c2)c(N)c1. The summed E-state index contributed by atoms with van der Waals surface area (Å²) in [4.78, 5) is 4.20. The third-order valence-corrected chi connectivity index (χ3v) is 2.60. The van der Waals surface area contributed by atoms with E-state index in [0.29, 0.717) is 0 Å². The number of nitrogens with two attached hydrogens (primary N) is 1. The molecule has 2 N–H and O–H groups in total. The Hall–Kier alpha value is -2.03. The molecule has 0 atom stereocenters. The Bertz CT molecular complexity index is 550. The number of nitrogens with zero attached hydrogens (tertiary/aromatic N) is 1. The Balaban J connectivity index is 2.38. The quantitative estimate of drug-likeness (QED) is 0.839. The Morgan fingerprint density at radius 3 is 2.61 bits per heavy atom. The molecule has 0 saturated heterocycles. The number of pyridine rings is 1. The first-order valence-corrected chi connectivity index (χ1v) is 6.04. The average molecular weight is 242 g/mol. The molecule has 3 nitrogen and oxygen atoms in total. The highest BCUT2D eigenvalue weighted by Gasteiger charge is 2.05. The predicted molar refractivity (Wildman–Crippen MR) is 74.6 cm³/mol. The van der Waals surface area contributed by atoms with Crippen LogP contribution in [0.25, 0.3) is 11.1 Å². The summed E-state index contributed by atoms with van der Waals surface area (Å²) in [6.07, 6.45) is 3.65. The van der Waals surface area contributed by atoms with E-state index in [0.717, 1.165) is 28.1 Å². The number of aromatic nitrogens is 1. The van der Waals surface area contributed by atoms with Gasteiger partial charge < -0.3 is 10.5 Å². The molecular formula is C15H18N2O. The van der Waals surface area contributed by atoms with E-state index in [1.807, 2.05) is 45.0 Å². The Morgan fingerprint density at radius 2 is 1.94 bits per heavy atom. The maximum atomic E-state index is 6.04. The summed E-state index contributed by atoms with van der Waals surface area (Å²) in [5, 5.41) is 0. The van der Waals surface area contributed by atoms with Crippen molar-refractivity contribution in [2.24, 2.45) is 0 Å². The van der Waals surface area contributed by atoms with Crippen LogP contribution in [0, 0.1) is 6.92 Å². The molecule has 0 saturated carbocycles. The molecule has 18 heavy (non-hydrogen) atoms. The van der Waals surface area contributed by atoms with Crippen molar-refractivity contribution >= 4 is 5.69 Å². The molecule has 1 heterocycles. The summed E-state index contributed by atoms with van der Waals surface area (Å²) >= 11 is 0. The molecular weight excluding hydrogens is 224 g/mol. The highest BCUT2D eigenvalue weighted by molar-refractivity contribution is 5.76. The molecule has 0 spiro atoms. The second-order valence-corrected chi connectivity index (χ2v) is 4.67. The smallest absolute Gasteiger partial charge is 0.138 e. The van der Waals surface area contributed by atoms with Gasteiger partial charge >= 0.3 is 0 Å². The molecule has 0 unspecified atom stereocenters. The lowest BCUT2D eigenvalue weighted by Gasteiger charge is -2.11. The zero-order chi connectivity index (χ0) is 13.1. The number of ether oxygens (including phenoxy) is 1. The summed E-state index contributed by atoms with van der Waals surface area (Å²) in [5.41, 5.74) is 9.92. The highest BCUT2D eigenvalue weighted by Crippen LogP contribution is 2.28. The third-order valence-electron chi connectivity index (χ3n) is 2.60. The molecule has 3 heteroatoms. The first-order chi connectivity index (χ1) is 8.56. The number of rotatable bonds is 3. The number of nitrogen functional groups attached to an aromatic ring is 1. The van der Waals surface area contributed by atoms with Crippen LogP contribution in [0.4, 0.5) is 5.69 Å². The highest BCUT2D eigenvalue weighted by atomic mass is 16.5. The first-order valence-electron chi connectivity index (χ1n) is 6.04. The first kappa shape index (κ1) is 12.4. The lowest BCUT2D eigenvalue weighted by molar-refractivity contribution is 0.241. The van der Waals surface area contributed by atoms with Gasteiger partial charge in [0.1, 0.15) is 5.75 Å². The van der Waals surface area contributed by atoms with E-state index < -0.39 is 0 Å². The fourth-order valence-corrected chi connectivity index (χ4v) is 1.85. The van der Waals surface area contributed by atoms with Gasteiger partial charge in [-0.3, -0.25) is 4.98 Å². The van der Waals surface area contributed by atoms with Gasteiger partial charge in [-0.1, -0.05) is 12.1 Å². The Morgan fingerprint density at radius 1 is 1.17 bits per heavy atom. The zero-order valence-corrected chi connectivity index (χ0v) is 11.0. The van der Waals surface area contributed by atoms with E-state index in [-0.39, 0.29) is 6.10 Å². The summed E-state index contributed by atoms with van der Waals surface area (Å²) < 4.78 is 5.64. The van der Waals surface area contributed by atoms with Crippen LogP contribution in [-0.2, 0) is 0 Å². The van der Waals surface area contributed by atoms with Crippen LogP contribution in [0.3, 0.4) is 0 Å². The average Bonchev–Trinajstić information content (AvgIpc) is 2.28. The Labute approximate surface area is 108 Å². The van der Waals surface area contributed by atoms with Crippen LogP contribution >= 0.6 is 0 Å². The van der Waals surface area contributed by atoms with Gasteiger partial charge in [-0.05, 0) is 38.5 Å². The van der Waals surface area contributed by atoms with Crippen molar-refractivity contribution in [3.05, 3.63) is 42.2 Å². The van der Waals surface area contributed by atoms with Crippen LogP contribution < -0.4 is 10.5 Å². The number of benzene rings is 1. The van der Waals surface area contributed by atoms with Gasteiger partial charge in [0.05, 0.1) is 12.3 Å². The maximum absolute atomic E-state index is 6.04. The third kappa shape index (κ3) is 2.80. The van der Waals surface area contributed by atoms with Crippen molar-refractivity contribution in [1.29, 1.82) is 0 Å². The van der Waals surface area contributed by atoms with Crippen molar-refractivity contribution in [1.82, 2.24) is 4.98 Å². The Kier molecular flexibility index (Phi) is 3.51. The van der Waals surface area contributed by atoms with Crippen LogP contribution in [0.1, 0.15) is 19.4 Å². The van der Waals surface area contributed by atoms with E-state index in [1.54, 1.807) is 12.4 Å². The fraction of sp³-hybridized carbons (Fsp3) is 0.267. The number of hydrogen-bond donors (Lipinski definition) is 1. The summed E-state index contributed by atoms with van der Waals surface area (Å²) in [6.45, 7) is 6.01. The normalized spacial score (nSPS) is 10.7.